The first-order chi connectivity index (χ1) is 15.6. The Morgan fingerprint density at radius 2 is 1.81 bits per heavy atom. The van der Waals surface area contributed by atoms with E-state index in [9.17, 15) is 10.1 Å². The number of nitrogens with zero attached hydrogens (tertiary/aromatic N) is 4. The number of aromatic nitrogens is 3. The first kappa shape index (κ1) is 19.9. The molecule has 2 aromatic carbocycles. The number of fused-ring (bicyclic) bond motifs is 1. The molecule has 0 N–H and O–H groups in total. The number of rotatable bonds is 4. The van der Waals surface area contributed by atoms with Crippen molar-refractivity contribution < 1.29 is 4.79 Å². The molecule has 2 heterocycles. The molecule has 154 valence electrons. The van der Waals surface area contributed by atoms with Crippen molar-refractivity contribution >= 4 is 28.8 Å². The van der Waals surface area contributed by atoms with Crippen molar-refractivity contribution in [1.82, 2.24) is 15.0 Å². The highest BCUT2D eigenvalue weighted by Crippen LogP contribution is 2.40. The summed E-state index contributed by atoms with van der Waals surface area (Å²) in [5.41, 5.74) is 5.23. The molecule has 32 heavy (non-hydrogen) atoms. The lowest BCUT2D eigenvalue weighted by Gasteiger charge is -2.02. The van der Waals surface area contributed by atoms with E-state index >= 15 is 0 Å². The van der Waals surface area contributed by atoms with Gasteiger partial charge in [-0.3, -0.25) is 4.79 Å². The van der Waals surface area contributed by atoms with Crippen molar-refractivity contribution in [3.8, 4) is 16.6 Å². The molecule has 6 heteroatoms. The molecular weight excluding hydrogens is 416 g/mol. The predicted octanol–water partition coefficient (Wildman–Crippen LogP) is 5.63. The first-order valence-corrected chi connectivity index (χ1v) is 11.0. The zero-order valence-electron chi connectivity index (χ0n) is 17.3. The summed E-state index contributed by atoms with van der Waals surface area (Å²) in [6.45, 7) is 2.41. The van der Waals surface area contributed by atoms with E-state index in [4.69, 9.17) is 0 Å². The van der Waals surface area contributed by atoms with Crippen LogP contribution in [0.25, 0.3) is 22.2 Å². The van der Waals surface area contributed by atoms with Gasteiger partial charge in [0.05, 0.1) is 23.7 Å². The fourth-order valence-electron chi connectivity index (χ4n) is 3.87. The minimum absolute atomic E-state index is 0.0473. The van der Waals surface area contributed by atoms with E-state index in [0.717, 1.165) is 32.1 Å². The zero-order chi connectivity index (χ0) is 22.1. The topological polar surface area (TPSA) is 71.6 Å². The van der Waals surface area contributed by atoms with E-state index in [-0.39, 0.29) is 5.78 Å². The molecule has 2 aromatic heterocycles. The highest BCUT2D eigenvalue weighted by molar-refractivity contribution is 7.16. The van der Waals surface area contributed by atoms with Gasteiger partial charge in [-0.2, -0.15) is 5.26 Å². The fourth-order valence-corrected chi connectivity index (χ4v) is 4.77. The SMILES string of the molecule is CC(C#N)=C1C(=Cc2ccc(-c3cn(Cc4ccccc4)nn3)s2)C(=O)c2ccccc21. The Morgan fingerprint density at radius 1 is 1.06 bits per heavy atom. The van der Waals surface area contributed by atoms with Crippen LogP contribution in [0.1, 0.15) is 33.3 Å². The maximum Gasteiger partial charge on any atom is 0.194 e. The van der Waals surface area contributed by atoms with Gasteiger partial charge in [-0.25, -0.2) is 4.68 Å². The number of benzene rings is 2. The van der Waals surface area contributed by atoms with Crippen LogP contribution in [0.15, 0.2) is 84.1 Å². The van der Waals surface area contributed by atoms with Crippen molar-refractivity contribution in [2.24, 2.45) is 0 Å². The van der Waals surface area contributed by atoms with Crippen LogP contribution >= 0.6 is 11.3 Å². The highest BCUT2D eigenvalue weighted by Gasteiger charge is 2.31. The quantitative estimate of drug-likeness (QED) is 0.308. The molecule has 1 aliphatic carbocycles. The van der Waals surface area contributed by atoms with Gasteiger partial charge in [-0.05, 0) is 36.3 Å². The number of allylic oxidation sites excluding steroid dienone is 3. The summed E-state index contributed by atoms with van der Waals surface area (Å²) in [5, 5.41) is 18.1. The van der Waals surface area contributed by atoms with Gasteiger partial charge in [-0.1, -0.05) is 59.8 Å². The average Bonchev–Trinajstić information content (AvgIpc) is 3.54. The average molecular weight is 435 g/mol. The van der Waals surface area contributed by atoms with Crippen molar-refractivity contribution in [2.45, 2.75) is 13.5 Å². The number of nitriles is 1. The Kier molecular flexibility index (Phi) is 5.10. The second-order valence-corrected chi connectivity index (χ2v) is 8.65. The summed E-state index contributed by atoms with van der Waals surface area (Å²) in [6, 6.07) is 23.7. The van der Waals surface area contributed by atoms with Crippen molar-refractivity contribution in [3.63, 3.8) is 0 Å². The fraction of sp³-hybridized carbons (Fsp3) is 0.0769. The van der Waals surface area contributed by atoms with E-state index in [1.807, 2.05) is 71.6 Å². The molecule has 0 aliphatic heterocycles. The maximum atomic E-state index is 13.1. The Morgan fingerprint density at radius 3 is 2.59 bits per heavy atom. The van der Waals surface area contributed by atoms with Gasteiger partial charge in [0.1, 0.15) is 5.69 Å². The van der Waals surface area contributed by atoms with Crippen LogP contribution in [0.4, 0.5) is 0 Å². The number of ketones is 1. The second kappa shape index (κ2) is 8.22. The summed E-state index contributed by atoms with van der Waals surface area (Å²) < 4.78 is 1.82. The summed E-state index contributed by atoms with van der Waals surface area (Å²) >= 11 is 1.54. The van der Waals surface area contributed by atoms with Crippen LogP contribution in [-0.2, 0) is 6.54 Å². The molecular formula is C26H18N4OS. The Hall–Kier alpha value is -4.08. The Balaban J connectivity index is 1.46. The number of thiophene rings is 1. The number of hydrogen-bond donors (Lipinski definition) is 0. The lowest BCUT2D eigenvalue weighted by molar-refractivity contribution is 0.104. The van der Waals surface area contributed by atoms with E-state index in [1.165, 1.54) is 0 Å². The highest BCUT2D eigenvalue weighted by atomic mass is 32.1. The van der Waals surface area contributed by atoms with Crippen LogP contribution < -0.4 is 0 Å². The summed E-state index contributed by atoms with van der Waals surface area (Å²) in [4.78, 5) is 15.0. The lowest BCUT2D eigenvalue weighted by Crippen LogP contribution is -1.99. The van der Waals surface area contributed by atoms with Crippen LogP contribution in [0, 0.1) is 11.3 Å². The minimum Gasteiger partial charge on any atom is -0.289 e. The van der Waals surface area contributed by atoms with Gasteiger partial charge in [0.2, 0.25) is 0 Å². The third kappa shape index (κ3) is 3.59. The molecule has 0 radical (unpaired) electrons. The Labute approximate surface area is 189 Å². The normalized spacial score (nSPS) is 15.6. The summed E-state index contributed by atoms with van der Waals surface area (Å²) in [5.74, 6) is -0.0473. The van der Waals surface area contributed by atoms with Gasteiger partial charge >= 0.3 is 0 Å². The van der Waals surface area contributed by atoms with Gasteiger partial charge < -0.3 is 0 Å². The first-order valence-electron chi connectivity index (χ1n) is 10.2. The third-order valence-corrected chi connectivity index (χ3v) is 6.44. The molecule has 5 rings (SSSR count). The predicted molar refractivity (Wildman–Crippen MR) is 126 cm³/mol. The summed E-state index contributed by atoms with van der Waals surface area (Å²) in [7, 11) is 0. The number of carbonyl (C=O) groups excluding carboxylic acids is 1. The molecule has 0 saturated carbocycles. The van der Waals surface area contributed by atoms with E-state index in [2.05, 4.69) is 28.5 Å². The van der Waals surface area contributed by atoms with Crippen LogP contribution in [0.3, 0.4) is 0 Å². The molecule has 5 nitrogen and oxygen atoms in total. The molecule has 0 amide bonds. The smallest absolute Gasteiger partial charge is 0.194 e. The molecule has 0 unspecified atom stereocenters. The van der Waals surface area contributed by atoms with Crippen LogP contribution in [0.2, 0.25) is 0 Å². The number of Topliss-reactive ketones (excluding diaryl/α,β-unsaturated/α-hetero) is 1. The van der Waals surface area contributed by atoms with Gasteiger partial charge in [0, 0.05) is 27.2 Å². The molecule has 4 aromatic rings. The van der Waals surface area contributed by atoms with E-state index < -0.39 is 0 Å². The van der Waals surface area contributed by atoms with Crippen molar-refractivity contribution in [2.75, 3.05) is 0 Å². The minimum atomic E-state index is -0.0473. The van der Waals surface area contributed by atoms with Crippen LogP contribution in [0.5, 0.6) is 0 Å². The lowest BCUT2D eigenvalue weighted by atomic mass is 10.00. The largest absolute Gasteiger partial charge is 0.289 e. The molecule has 0 saturated heterocycles. The standard InChI is InChI=1S/C26H18N4OS/c1-17(14-27)25-20-9-5-6-10-21(20)26(31)22(25)13-19-11-12-24(32-19)23-16-30(29-28-23)15-18-7-3-2-4-8-18/h2-13,16H,15H2,1H3. The van der Waals surface area contributed by atoms with Crippen molar-refractivity contribution in [3.05, 3.63) is 106 Å². The van der Waals surface area contributed by atoms with E-state index in [1.54, 1.807) is 18.3 Å². The van der Waals surface area contributed by atoms with Gasteiger partial charge in [0.25, 0.3) is 0 Å². The monoisotopic (exact) mass is 434 g/mol. The molecule has 1 aliphatic rings. The van der Waals surface area contributed by atoms with Gasteiger partial charge in [-0.15, -0.1) is 16.4 Å². The van der Waals surface area contributed by atoms with Crippen LogP contribution in [-0.4, -0.2) is 20.8 Å². The maximum absolute atomic E-state index is 13.1. The molecule has 0 bridgehead atoms. The van der Waals surface area contributed by atoms with E-state index in [0.29, 0.717) is 23.3 Å². The number of carbonyl (C=O) groups is 1. The molecule has 0 atom stereocenters. The van der Waals surface area contributed by atoms with Crippen molar-refractivity contribution in [1.29, 1.82) is 5.26 Å². The second-order valence-electron chi connectivity index (χ2n) is 7.53. The molecule has 0 spiro atoms. The summed E-state index contributed by atoms with van der Waals surface area (Å²) in [6.07, 6.45) is 3.80. The Bertz CT molecular complexity index is 1430. The zero-order valence-corrected chi connectivity index (χ0v) is 18.1. The van der Waals surface area contributed by atoms with Gasteiger partial charge in [0.15, 0.2) is 5.78 Å². The third-order valence-electron chi connectivity index (χ3n) is 5.39. The number of hydrogen-bond acceptors (Lipinski definition) is 5. The molecule has 0 fully saturated rings.